The lowest BCUT2D eigenvalue weighted by Crippen LogP contribution is -2.45. The lowest BCUT2D eigenvalue weighted by atomic mass is 10.0. The lowest BCUT2D eigenvalue weighted by molar-refractivity contribution is 0.355. The van der Waals surface area contributed by atoms with Gasteiger partial charge in [-0.1, -0.05) is 13.0 Å². The highest BCUT2D eigenvalue weighted by molar-refractivity contribution is 6.03. The molecule has 0 atom stereocenters. The van der Waals surface area contributed by atoms with Gasteiger partial charge in [-0.05, 0) is 31.0 Å². The van der Waals surface area contributed by atoms with E-state index in [2.05, 4.69) is 30.6 Å². The molecule has 1 saturated heterocycles. The first-order valence-electron chi connectivity index (χ1n) is 8.58. The molecule has 1 aromatic carbocycles. The standard InChI is InChI=1S/C18H24N6O/c1-3-17(23-22-13(2)24-8-6-19-7-9-24)16-5-4-14(10-18(16)25)15-11-20-21-12-15/h4-5,10-12,19,25H,3,6-9H2,1-2H3,(H,20,21)/b22-13+,23-17+. The number of aromatic amines is 1. The number of piperazine rings is 1. The first-order chi connectivity index (χ1) is 12.2. The summed E-state index contributed by atoms with van der Waals surface area (Å²) in [7, 11) is 0. The van der Waals surface area contributed by atoms with Crippen LogP contribution in [0.4, 0.5) is 0 Å². The molecule has 1 aliphatic rings. The Hall–Kier alpha value is -2.67. The van der Waals surface area contributed by atoms with E-state index in [4.69, 9.17) is 0 Å². The van der Waals surface area contributed by atoms with Crippen LogP contribution in [0, 0.1) is 0 Å². The molecule has 2 aromatic rings. The molecule has 0 unspecified atom stereocenters. The molecule has 0 spiro atoms. The molecular formula is C18H24N6O. The van der Waals surface area contributed by atoms with Crippen LogP contribution in [-0.2, 0) is 0 Å². The first-order valence-corrected chi connectivity index (χ1v) is 8.58. The van der Waals surface area contributed by atoms with Gasteiger partial charge in [-0.3, -0.25) is 5.10 Å². The summed E-state index contributed by atoms with van der Waals surface area (Å²) in [5.41, 5.74) is 3.33. The number of aromatic hydroxyl groups is 1. The van der Waals surface area contributed by atoms with Gasteiger partial charge in [0.25, 0.3) is 0 Å². The molecule has 7 nitrogen and oxygen atoms in total. The van der Waals surface area contributed by atoms with E-state index in [9.17, 15) is 5.11 Å². The number of nitrogens with zero attached hydrogens (tertiary/aromatic N) is 4. The molecule has 132 valence electrons. The van der Waals surface area contributed by atoms with E-state index < -0.39 is 0 Å². The zero-order chi connectivity index (χ0) is 17.6. The molecular weight excluding hydrogens is 316 g/mol. The number of hydrogen-bond acceptors (Lipinski definition) is 5. The van der Waals surface area contributed by atoms with E-state index >= 15 is 0 Å². The van der Waals surface area contributed by atoms with Gasteiger partial charge in [0.15, 0.2) is 0 Å². The highest BCUT2D eigenvalue weighted by Gasteiger charge is 2.12. The van der Waals surface area contributed by atoms with Crippen molar-refractivity contribution in [2.45, 2.75) is 20.3 Å². The van der Waals surface area contributed by atoms with Crippen molar-refractivity contribution in [1.82, 2.24) is 20.4 Å². The number of rotatable bonds is 4. The SMILES string of the molecule is CC/C(=N\N=C(/C)N1CCNCC1)c1ccc(-c2cn[nH]c2)cc1O. The van der Waals surface area contributed by atoms with Gasteiger partial charge in [-0.25, -0.2) is 0 Å². The molecule has 0 bridgehead atoms. The average molecular weight is 340 g/mol. The molecule has 1 fully saturated rings. The van der Waals surface area contributed by atoms with Crippen LogP contribution >= 0.6 is 0 Å². The minimum Gasteiger partial charge on any atom is -0.507 e. The van der Waals surface area contributed by atoms with Crippen LogP contribution in [0.1, 0.15) is 25.8 Å². The third-order valence-electron chi connectivity index (χ3n) is 4.37. The Morgan fingerprint density at radius 2 is 2.04 bits per heavy atom. The molecule has 3 rings (SSSR count). The maximum atomic E-state index is 10.4. The van der Waals surface area contributed by atoms with E-state index in [1.165, 1.54) is 0 Å². The second-order valence-corrected chi connectivity index (χ2v) is 6.00. The number of hydrogen-bond donors (Lipinski definition) is 3. The summed E-state index contributed by atoms with van der Waals surface area (Å²) in [6, 6.07) is 5.58. The van der Waals surface area contributed by atoms with E-state index in [0.29, 0.717) is 12.0 Å². The van der Waals surface area contributed by atoms with Gasteiger partial charge in [-0.2, -0.15) is 10.2 Å². The number of H-pyrrole nitrogens is 1. The summed E-state index contributed by atoms with van der Waals surface area (Å²) in [5, 5.41) is 29.3. The van der Waals surface area contributed by atoms with Crippen molar-refractivity contribution in [1.29, 1.82) is 0 Å². The average Bonchev–Trinajstić information content (AvgIpc) is 3.18. The minimum absolute atomic E-state index is 0.203. The Morgan fingerprint density at radius 1 is 1.24 bits per heavy atom. The first kappa shape index (κ1) is 17.2. The normalized spacial score (nSPS) is 16.3. The van der Waals surface area contributed by atoms with E-state index in [-0.39, 0.29) is 5.75 Å². The van der Waals surface area contributed by atoms with Crippen LogP contribution in [0.3, 0.4) is 0 Å². The Morgan fingerprint density at radius 3 is 2.68 bits per heavy atom. The van der Waals surface area contributed by atoms with Gasteiger partial charge in [0.2, 0.25) is 0 Å². The molecule has 0 saturated carbocycles. The third-order valence-corrected chi connectivity index (χ3v) is 4.37. The highest BCUT2D eigenvalue weighted by atomic mass is 16.3. The summed E-state index contributed by atoms with van der Waals surface area (Å²) in [4.78, 5) is 2.22. The second-order valence-electron chi connectivity index (χ2n) is 6.00. The van der Waals surface area contributed by atoms with Crippen molar-refractivity contribution in [2.75, 3.05) is 26.2 Å². The van der Waals surface area contributed by atoms with Crippen molar-refractivity contribution in [3.63, 3.8) is 0 Å². The number of phenols is 1. The highest BCUT2D eigenvalue weighted by Crippen LogP contribution is 2.27. The molecule has 25 heavy (non-hydrogen) atoms. The monoisotopic (exact) mass is 340 g/mol. The zero-order valence-corrected chi connectivity index (χ0v) is 14.7. The molecule has 1 aromatic heterocycles. The number of amidine groups is 1. The maximum absolute atomic E-state index is 10.4. The molecule has 3 N–H and O–H groups in total. The number of phenolic OH excluding ortho intramolecular Hbond substituents is 1. The van der Waals surface area contributed by atoms with Gasteiger partial charge in [0, 0.05) is 43.5 Å². The number of aromatic nitrogens is 2. The number of benzene rings is 1. The molecule has 7 heteroatoms. The predicted molar refractivity (Wildman–Crippen MR) is 100 cm³/mol. The molecule has 0 radical (unpaired) electrons. The van der Waals surface area contributed by atoms with Crippen molar-refractivity contribution < 1.29 is 5.11 Å². The number of nitrogens with one attached hydrogen (secondary N) is 2. The van der Waals surface area contributed by atoms with E-state index in [1.807, 2.05) is 26.0 Å². The molecule has 2 heterocycles. The van der Waals surface area contributed by atoms with Gasteiger partial charge in [0.05, 0.1) is 11.9 Å². The Kier molecular flexibility index (Phi) is 5.45. The van der Waals surface area contributed by atoms with Crippen molar-refractivity contribution in [3.8, 4) is 16.9 Å². The van der Waals surface area contributed by atoms with Crippen molar-refractivity contribution >= 4 is 11.5 Å². The van der Waals surface area contributed by atoms with Crippen LogP contribution in [-0.4, -0.2) is 57.9 Å². The smallest absolute Gasteiger partial charge is 0.125 e. The quantitative estimate of drug-likeness (QED) is 0.452. The van der Waals surface area contributed by atoms with Crippen molar-refractivity contribution in [2.24, 2.45) is 10.2 Å². The fourth-order valence-corrected chi connectivity index (χ4v) is 2.86. The largest absolute Gasteiger partial charge is 0.507 e. The molecule has 0 amide bonds. The van der Waals surface area contributed by atoms with Gasteiger partial charge in [0.1, 0.15) is 11.6 Å². The third kappa shape index (κ3) is 4.06. The Balaban J connectivity index is 1.82. The van der Waals surface area contributed by atoms with Crippen LogP contribution in [0.5, 0.6) is 5.75 Å². The van der Waals surface area contributed by atoms with Crippen molar-refractivity contribution in [3.05, 3.63) is 36.2 Å². The zero-order valence-electron chi connectivity index (χ0n) is 14.7. The summed E-state index contributed by atoms with van der Waals surface area (Å²) < 4.78 is 0. The van der Waals surface area contributed by atoms with Gasteiger partial charge in [-0.15, -0.1) is 5.10 Å². The Labute approximate surface area is 147 Å². The fraction of sp³-hybridized carbons (Fsp3) is 0.389. The van der Waals surface area contributed by atoms with Crippen LogP contribution in [0.25, 0.3) is 11.1 Å². The minimum atomic E-state index is 0.203. The summed E-state index contributed by atoms with van der Waals surface area (Å²) in [5.74, 6) is 1.11. The van der Waals surface area contributed by atoms with E-state index in [1.54, 1.807) is 18.5 Å². The second kappa shape index (κ2) is 7.94. The molecule has 1 aliphatic heterocycles. The molecule has 0 aliphatic carbocycles. The van der Waals surface area contributed by atoms with Crippen LogP contribution < -0.4 is 5.32 Å². The Bertz CT molecular complexity index is 760. The van der Waals surface area contributed by atoms with Crippen LogP contribution in [0.15, 0.2) is 40.8 Å². The predicted octanol–water partition coefficient (Wildman–Crippen LogP) is 2.22. The summed E-state index contributed by atoms with van der Waals surface area (Å²) >= 11 is 0. The van der Waals surface area contributed by atoms with Crippen LogP contribution in [0.2, 0.25) is 0 Å². The van der Waals surface area contributed by atoms with Gasteiger partial charge >= 0.3 is 0 Å². The van der Waals surface area contributed by atoms with E-state index in [0.717, 1.165) is 48.9 Å². The fourth-order valence-electron chi connectivity index (χ4n) is 2.86. The summed E-state index contributed by atoms with van der Waals surface area (Å²) in [6.45, 7) is 7.80. The lowest BCUT2D eigenvalue weighted by Gasteiger charge is -2.28. The van der Waals surface area contributed by atoms with Gasteiger partial charge < -0.3 is 15.3 Å². The summed E-state index contributed by atoms with van der Waals surface area (Å²) in [6.07, 6.45) is 4.21. The maximum Gasteiger partial charge on any atom is 0.125 e. The topological polar surface area (TPSA) is 88.9 Å².